The fraction of sp³-hybridized carbons (Fsp3) is 0.688. The number of fused-ring (bicyclic) bond motifs is 2. The minimum atomic E-state index is -0.885. The van der Waals surface area contributed by atoms with Crippen LogP contribution < -0.4 is 5.73 Å². The fourth-order valence-corrected chi connectivity index (χ4v) is 3.80. The Balaban J connectivity index is 1.73. The van der Waals surface area contributed by atoms with Crippen molar-refractivity contribution in [2.75, 3.05) is 39.1 Å². The van der Waals surface area contributed by atoms with Crippen LogP contribution in [0.15, 0.2) is 12.7 Å². The van der Waals surface area contributed by atoms with E-state index < -0.39 is 11.5 Å². The Morgan fingerprint density at radius 3 is 2.96 bits per heavy atom. The fourth-order valence-electron chi connectivity index (χ4n) is 3.80. The normalized spacial score (nSPS) is 30.3. The molecule has 10 heteroatoms. The van der Waals surface area contributed by atoms with Crippen LogP contribution in [0.5, 0.6) is 0 Å². The lowest BCUT2D eigenvalue weighted by atomic mass is 10.0. The number of rotatable bonds is 5. The zero-order valence-corrected chi connectivity index (χ0v) is 15.1. The molecular weight excluding hydrogens is 340 g/mol. The molecule has 0 radical (unpaired) electrons. The molecule has 0 spiro atoms. The summed E-state index contributed by atoms with van der Waals surface area (Å²) in [5.41, 5.74) is 6.14. The van der Waals surface area contributed by atoms with E-state index in [1.807, 2.05) is 30.4 Å². The minimum Gasteiger partial charge on any atom is -0.395 e. The van der Waals surface area contributed by atoms with Gasteiger partial charge in [0, 0.05) is 13.1 Å². The summed E-state index contributed by atoms with van der Waals surface area (Å²) in [6, 6.07) is 0. The summed E-state index contributed by atoms with van der Waals surface area (Å²) in [7, 11) is 1.93. The molecule has 2 aromatic heterocycles. The average molecular weight is 364 g/mol. The molecule has 0 bridgehead atoms. The Labute approximate surface area is 150 Å². The number of nitrogens with zero attached hydrogens (tertiary/aromatic N) is 5. The van der Waals surface area contributed by atoms with Gasteiger partial charge in [0.1, 0.15) is 24.1 Å². The highest BCUT2D eigenvalue weighted by Crippen LogP contribution is 2.47. The van der Waals surface area contributed by atoms with Gasteiger partial charge < -0.3 is 30.0 Å². The van der Waals surface area contributed by atoms with Crippen molar-refractivity contribution in [3.8, 4) is 0 Å². The standard InChI is InChI=1S/C16H24N6O4/c1-15(2)25-12-10(6-21(3)4-5-23)24-7-16(12,26-15)22-9-20-11-13(17)18-8-19-14(11)22/h8-10,12,23H,4-7H2,1-3H3,(H2,17,18,19). The first-order valence-corrected chi connectivity index (χ1v) is 8.59. The first kappa shape index (κ1) is 17.6. The Kier molecular flexibility index (Phi) is 4.12. The van der Waals surface area contributed by atoms with E-state index in [1.165, 1.54) is 6.33 Å². The maximum absolute atomic E-state index is 9.15. The third kappa shape index (κ3) is 2.65. The number of nitrogen functional groups attached to an aromatic ring is 1. The number of imidazole rings is 1. The first-order valence-electron chi connectivity index (χ1n) is 8.59. The molecule has 3 unspecified atom stereocenters. The van der Waals surface area contributed by atoms with E-state index in [0.717, 1.165) is 0 Å². The SMILES string of the molecule is CN(CCO)CC1OCC2(n3cnc4c(N)ncnc43)OC(C)(C)OC12. The maximum atomic E-state index is 9.15. The topological polar surface area (TPSA) is 121 Å². The molecule has 10 nitrogen and oxygen atoms in total. The van der Waals surface area contributed by atoms with Crippen molar-refractivity contribution in [3.63, 3.8) is 0 Å². The van der Waals surface area contributed by atoms with Crippen LogP contribution in [0.25, 0.3) is 11.2 Å². The molecule has 2 aromatic rings. The molecule has 2 saturated heterocycles. The van der Waals surface area contributed by atoms with Crippen molar-refractivity contribution in [2.24, 2.45) is 0 Å². The maximum Gasteiger partial charge on any atom is 0.203 e. The highest BCUT2D eigenvalue weighted by molar-refractivity contribution is 5.81. The summed E-state index contributed by atoms with van der Waals surface area (Å²) in [5, 5.41) is 9.15. The number of aliphatic hydroxyl groups excluding tert-OH is 1. The molecular formula is C16H24N6O4. The van der Waals surface area contributed by atoms with Crippen LogP contribution in [0, 0.1) is 0 Å². The van der Waals surface area contributed by atoms with Gasteiger partial charge in [-0.15, -0.1) is 0 Å². The van der Waals surface area contributed by atoms with E-state index in [9.17, 15) is 0 Å². The molecule has 0 amide bonds. The summed E-state index contributed by atoms with van der Waals surface area (Å²) in [6.07, 6.45) is 2.48. The second-order valence-electron chi connectivity index (χ2n) is 7.27. The summed E-state index contributed by atoms with van der Waals surface area (Å²) in [5.74, 6) is -0.463. The monoisotopic (exact) mass is 364 g/mol. The van der Waals surface area contributed by atoms with E-state index in [1.54, 1.807) is 6.33 Å². The molecule has 2 aliphatic rings. The van der Waals surface area contributed by atoms with Gasteiger partial charge in [0.15, 0.2) is 17.3 Å². The van der Waals surface area contributed by atoms with Crippen molar-refractivity contribution in [1.29, 1.82) is 0 Å². The third-order valence-corrected chi connectivity index (χ3v) is 4.86. The van der Waals surface area contributed by atoms with Gasteiger partial charge >= 0.3 is 0 Å². The van der Waals surface area contributed by atoms with Crippen molar-refractivity contribution < 1.29 is 19.3 Å². The van der Waals surface area contributed by atoms with E-state index in [4.69, 9.17) is 25.1 Å². The van der Waals surface area contributed by atoms with Gasteiger partial charge in [-0.05, 0) is 20.9 Å². The molecule has 0 saturated carbocycles. The van der Waals surface area contributed by atoms with Crippen LogP contribution in [-0.4, -0.2) is 80.9 Å². The van der Waals surface area contributed by atoms with E-state index in [-0.39, 0.29) is 18.8 Å². The molecule has 4 rings (SSSR count). The lowest BCUT2D eigenvalue weighted by Gasteiger charge is -2.29. The summed E-state index contributed by atoms with van der Waals surface area (Å²) >= 11 is 0. The zero-order chi connectivity index (χ0) is 18.5. The second-order valence-corrected chi connectivity index (χ2v) is 7.27. The van der Waals surface area contributed by atoms with Crippen LogP contribution in [0.2, 0.25) is 0 Å². The van der Waals surface area contributed by atoms with Gasteiger partial charge in [-0.3, -0.25) is 4.57 Å². The predicted molar refractivity (Wildman–Crippen MR) is 92.1 cm³/mol. The van der Waals surface area contributed by atoms with Crippen LogP contribution in [0.1, 0.15) is 13.8 Å². The molecule has 26 heavy (non-hydrogen) atoms. The number of nitrogens with two attached hydrogens (primary N) is 1. The highest BCUT2D eigenvalue weighted by atomic mass is 16.8. The van der Waals surface area contributed by atoms with Gasteiger partial charge in [-0.2, -0.15) is 0 Å². The predicted octanol–water partition coefficient (Wildman–Crippen LogP) is -0.464. The minimum absolute atomic E-state index is 0.0875. The van der Waals surface area contributed by atoms with E-state index >= 15 is 0 Å². The Morgan fingerprint density at radius 2 is 2.19 bits per heavy atom. The highest BCUT2D eigenvalue weighted by Gasteiger charge is 2.62. The number of anilines is 1. The lowest BCUT2D eigenvalue weighted by Crippen LogP contribution is -2.46. The van der Waals surface area contributed by atoms with Crippen molar-refractivity contribution in [3.05, 3.63) is 12.7 Å². The Hall–Kier alpha value is -1.85. The third-order valence-electron chi connectivity index (χ3n) is 4.86. The number of aromatic nitrogens is 4. The smallest absolute Gasteiger partial charge is 0.203 e. The number of hydrogen-bond acceptors (Lipinski definition) is 9. The second kappa shape index (κ2) is 6.10. The van der Waals surface area contributed by atoms with Gasteiger partial charge in [-0.1, -0.05) is 0 Å². The van der Waals surface area contributed by atoms with Crippen LogP contribution in [0.4, 0.5) is 5.82 Å². The number of ether oxygens (including phenoxy) is 3. The molecule has 4 heterocycles. The van der Waals surface area contributed by atoms with Crippen molar-refractivity contribution in [1.82, 2.24) is 24.4 Å². The summed E-state index contributed by atoms with van der Waals surface area (Å²) in [4.78, 5) is 14.7. The van der Waals surface area contributed by atoms with Crippen molar-refractivity contribution in [2.45, 2.75) is 37.6 Å². The van der Waals surface area contributed by atoms with Gasteiger partial charge in [0.05, 0.1) is 19.5 Å². The summed E-state index contributed by atoms with van der Waals surface area (Å²) < 4.78 is 20.4. The quantitative estimate of drug-likeness (QED) is 0.725. The van der Waals surface area contributed by atoms with Crippen molar-refractivity contribution >= 4 is 17.0 Å². The molecule has 142 valence electrons. The summed E-state index contributed by atoms with van der Waals surface area (Å²) in [6.45, 7) is 5.31. The zero-order valence-electron chi connectivity index (χ0n) is 15.1. The molecule has 2 aliphatic heterocycles. The number of aliphatic hydroxyl groups is 1. The van der Waals surface area contributed by atoms with E-state index in [2.05, 4.69) is 15.0 Å². The molecule has 2 fully saturated rings. The van der Waals surface area contributed by atoms with Crippen LogP contribution >= 0.6 is 0 Å². The van der Waals surface area contributed by atoms with E-state index in [0.29, 0.717) is 36.7 Å². The van der Waals surface area contributed by atoms with Crippen LogP contribution in [-0.2, 0) is 19.9 Å². The van der Waals surface area contributed by atoms with Gasteiger partial charge in [-0.25, -0.2) is 15.0 Å². The van der Waals surface area contributed by atoms with Gasteiger partial charge in [0.2, 0.25) is 5.72 Å². The Bertz CT molecular complexity index is 811. The number of hydrogen-bond donors (Lipinski definition) is 2. The average Bonchev–Trinajstić information content (AvgIpc) is 3.20. The first-order chi connectivity index (χ1) is 12.4. The Morgan fingerprint density at radius 1 is 1.38 bits per heavy atom. The lowest BCUT2D eigenvalue weighted by molar-refractivity contribution is -0.205. The molecule has 3 atom stereocenters. The van der Waals surface area contributed by atoms with Crippen LogP contribution in [0.3, 0.4) is 0 Å². The largest absolute Gasteiger partial charge is 0.395 e. The number of likely N-dealkylation sites (N-methyl/N-ethyl adjacent to an activating group) is 1. The molecule has 0 aliphatic carbocycles. The van der Waals surface area contributed by atoms with Gasteiger partial charge in [0.25, 0.3) is 0 Å². The molecule has 0 aromatic carbocycles. The molecule has 3 N–H and O–H groups in total.